The molecule has 3 aliphatic rings. The molecule has 27 heavy (non-hydrogen) atoms. The standard InChI is InChI=1S/C20H25N3O3S/c1-23-17-5-3-2-4-14(17)18(22-23)15-10-16(15)19(24)21-12-13-11-20(13)6-8-27(25,26)9-7-20/h2-5,13,15-16H,6-12H2,1H3,(H,21,24)/t13?,15-,16-/m1/s1. The van der Waals surface area contributed by atoms with E-state index < -0.39 is 9.84 Å². The summed E-state index contributed by atoms with van der Waals surface area (Å²) < 4.78 is 25.1. The maximum atomic E-state index is 12.6. The number of amides is 1. The van der Waals surface area contributed by atoms with Gasteiger partial charge in [0, 0.05) is 30.8 Å². The maximum absolute atomic E-state index is 12.6. The van der Waals surface area contributed by atoms with Crippen LogP contribution in [0, 0.1) is 17.3 Å². The number of hydrogen-bond donors (Lipinski definition) is 1. The number of aromatic nitrogens is 2. The lowest BCUT2D eigenvalue weighted by Gasteiger charge is -2.22. The van der Waals surface area contributed by atoms with Crippen LogP contribution in [0.2, 0.25) is 0 Å². The Kier molecular flexibility index (Phi) is 3.70. The Morgan fingerprint density at radius 3 is 2.81 bits per heavy atom. The average Bonchev–Trinajstić information content (AvgIpc) is 3.55. The summed E-state index contributed by atoms with van der Waals surface area (Å²) in [5.41, 5.74) is 2.32. The number of rotatable bonds is 4. The van der Waals surface area contributed by atoms with Gasteiger partial charge in [-0.3, -0.25) is 9.48 Å². The van der Waals surface area contributed by atoms with Crippen LogP contribution in [0.15, 0.2) is 24.3 Å². The number of carbonyl (C=O) groups excluding carboxylic acids is 1. The van der Waals surface area contributed by atoms with Crippen LogP contribution in [0.4, 0.5) is 0 Å². The van der Waals surface area contributed by atoms with Gasteiger partial charge in [0.2, 0.25) is 5.91 Å². The zero-order chi connectivity index (χ0) is 18.8. The molecule has 1 amide bonds. The Labute approximate surface area is 159 Å². The summed E-state index contributed by atoms with van der Waals surface area (Å²) in [7, 11) is -0.877. The van der Waals surface area contributed by atoms with Gasteiger partial charge >= 0.3 is 0 Å². The molecule has 1 unspecified atom stereocenters. The van der Waals surface area contributed by atoms with Crippen molar-refractivity contribution < 1.29 is 13.2 Å². The van der Waals surface area contributed by atoms with E-state index >= 15 is 0 Å². The zero-order valence-corrected chi connectivity index (χ0v) is 16.3. The van der Waals surface area contributed by atoms with Gasteiger partial charge in [-0.25, -0.2) is 8.42 Å². The zero-order valence-electron chi connectivity index (χ0n) is 15.5. The van der Waals surface area contributed by atoms with Gasteiger partial charge in [0.15, 0.2) is 0 Å². The molecule has 2 aliphatic carbocycles. The van der Waals surface area contributed by atoms with Crippen molar-refractivity contribution in [2.75, 3.05) is 18.1 Å². The summed E-state index contributed by atoms with van der Waals surface area (Å²) in [6, 6.07) is 8.16. The number of para-hydroxylation sites is 1. The predicted octanol–water partition coefficient (Wildman–Crippen LogP) is 2.01. The molecular formula is C20H25N3O3S. The molecule has 1 saturated heterocycles. The third kappa shape index (κ3) is 2.96. The van der Waals surface area contributed by atoms with Crippen molar-refractivity contribution in [2.24, 2.45) is 24.3 Å². The average molecular weight is 388 g/mol. The van der Waals surface area contributed by atoms with Crippen LogP contribution in [-0.4, -0.2) is 42.2 Å². The molecular weight excluding hydrogens is 362 g/mol. The largest absolute Gasteiger partial charge is 0.356 e. The normalized spacial score (nSPS) is 30.3. The Hall–Kier alpha value is -1.89. The summed E-state index contributed by atoms with van der Waals surface area (Å²) in [6.45, 7) is 0.686. The highest BCUT2D eigenvalue weighted by Gasteiger charge is 2.56. The van der Waals surface area contributed by atoms with Crippen LogP contribution in [-0.2, 0) is 21.7 Å². The molecule has 5 rings (SSSR count). The van der Waals surface area contributed by atoms with Crippen LogP contribution in [0.25, 0.3) is 10.9 Å². The molecule has 1 aromatic heterocycles. The third-order valence-electron chi connectivity index (χ3n) is 6.97. The second-order valence-electron chi connectivity index (χ2n) is 8.64. The lowest BCUT2D eigenvalue weighted by molar-refractivity contribution is -0.122. The monoisotopic (exact) mass is 387 g/mol. The van der Waals surface area contributed by atoms with Crippen molar-refractivity contribution in [3.63, 3.8) is 0 Å². The smallest absolute Gasteiger partial charge is 0.223 e. The van der Waals surface area contributed by atoms with Gasteiger partial charge in [-0.2, -0.15) is 5.10 Å². The van der Waals surface area contributed by atoms with E-state index in [4.69, 9.17) is 0 Å². The lowest BCUT2D eigenvalue weighted by Crippen LogP contribution is -2.31. The Morgan fingerprint density at radius 1 is 1.30 bits per heavy atom. The van der Waals surface area contributed by atoms with Crippen LogP contribution < -0.4 is 5.32 Å². The van der Waals surface area contributed by atoms with Gasteiger partial charge in [-0.05, 0) is 43.1 Å². The fourth-order valence-electron chi connectivity index (χ4n) is 4.93. The van der Waals surface area contributed by atoms with Crippen LogP contribution in [0.3, 0.4) is 0 Å². The molecule has 0 radical (unpaired) electrons. The topological polar surface area (TPSA) is 81.1 Å². The number of fused-ring (bicyclic) bond motifs is 1. The number of carbonyl (C=O) groups is 1. The minimum atomic E-state index is -2.82. The molecule has 144 valence electrons. The minimum absolute atomic E-state index is 0.0183. The first-order chi connectivity index (χ1) is 12.9. The third-order valence-corrected chi connectivity index (χ3v) is 8.62. The van der Waals surface area contributed by atoms with Gasteiger partial charge in [-0.1, -0.05) is 18.2 Å². The van der Waals surface area contributed by atoms with Crippen molar-refractivity contribution in [1.82, 2.24) is 15.1 Å². The van der Waals surface area contributed by atoms with Gasteiger partial charge in [0.05, 0.1) is 22.7 Å². The molecule has 2 aromatic rings. The molecule has 3 fully saturated rings. The Bertz CT molecular complexity index is 1010. The second kappa shape index (κ2) is 5.80. The second-order valence-corrected chi connectivity index (χ2v) is 10.9. The highest BCUT2D eigenvalue weighted by Crippen LogP contribution is 2.59. The van der Waals surface area contributed by atoms with Gasteiger partial charge in [0.1, 0.15) is 9.84 Å². The Balaban J connectivity index is 1.18. The van der Waals surface area contributed by atoms with Gasteiger partial charge in [0.25, 0.3) is 0 Å². The molecule has 1 aliphatic heterocycles. The molecule has 0 bridgehead atoms. The first kappa shape index (κ1) is 17.2. The quantitative estimate of drug-likeness (QED) is 0.870. The lowest BCUT2D eigenvalue weighted by atomic mass is 9.96. The number of hydrogen-bond acceptors (Lipinski definition) is 4. The summed E-state index contributed by atoms with van der Waals surface area (Å²) in [6.07, 6.45) is 3.45. The number of benzene rings is 1. The van der Waals surface area contributed by atoms with Crippen molar-refractivity contribution in [1.29, 1.82) is 0 Å². The fourth-order valence-corrected chi connectivity index (χ4v) is 6.57. The van der Waals surface area contributed by atoms with E-state index in [2.05, 4.69) is 22.5 Å². The van der Waals surface area contributed by atoms with E-state index in [0.29, 0.717) is 24.0 Å². The Morgan fingerprint density at radius 2 is 2.04 bits per heavy atom. The number of nitrogens with one attached hydrogen (secondary N) is 1. The molecule has 1 N–H and O–H groups in total. The molecule has 1 aromatic carbocycles. The molecule has 1 spiro atoms. The highest BCUT2D eigenvalue weighted by molar-refractivity contribution is 7.91. The van der Waals surface area contributed by atoms with E-state index in [1.54, 1.807) is 0 Å². The van der Waals surface area contributed by atoms with E-state index in [9.17, 15) is 13.2 Å². The SMILES string of the molecule is Cn1nc([C@@H]2C[C@H]2C(=O)NCC2CC23CCS(=O)(=O)CC3)c2ccccc21. The van der Waals surface area contributed by atoms with E-state index in [0.717, 1.165) is 42.3 Å². The summed E-state index contributed by atoms with van der Waals surface area (Å²) in [5.74, 6) is 1.43. The molecule has 2 heterocycles. The number of nitrogens with zero attached hydrogens (tertiary/aromatic N) is 2. The van der Waals surface area contributed by atoms with Crippen molar-refractivity contribution in [3.05, 3.63) is 30.0 Å². The maximum Gasteiger partial charge on any atom is 0.223 e. The first-order valence-electron chi connectivity index (χ1n) is 9.78. The minimum Gasteiger partial charge on any atom is -0.356 e. The molecule has 2 saturated carbocycles. The van der Waals surface area contributed by atoms with Crippen molar-refractivity contribution in [2.45, 2.75) is 31.6 Å². The van der Waals surface area contributed by atoms with Gasteiger partial charge < -0.3 is 5.32 Å². The van der Waals surface area contributed by atoms with Crippen molar-refractivity contribution >= 4 is 26.6 Å². The summed E-state index contributed by atoms with van der Waals surface area (Å²) in [4.78, 5) is 12.6. The van der Waals surface area contributed by atoms with E-state index in [1.807, 2.05) is 23.9 Å². The highest BCUT2D eigenvalue weighted by atomic mass is 32.2. The van der Waals surface area contributed by atoms with Crippen molar-refractivity contribution in [3.8, 4) is 0 Å². The van der Waals surface area contributed by atoms with Gasteiger partial charge in [-0.15, -0.1) is 0 Å². The summed E-state index contributed by atoms with van der Waals surface area (Å²) in [5, 5.41) is 8.93. The predicted molar refractivity (Wildman–Crippen MR) is 103 cm³/mol. The number of sulfone groups is 1. The number of aryl methyl sites for hydroxylation is 1. The fraction of sp³-hybridized carbons (Fsp3) is 0.600. The van der Waals surface area contributed by atoms with Crippen LogP contribution >= 0.6 is 0 Å². The van der Waals surface area contributed by atoms with Crippen LogP contribution in [0.1, 0.15) is 37.3 Å². The molecule has 3 atom stereocenters. The first-order valence-corrected chi connectivity index (χ1v) is 11.6. The molecule has 7 heteroatoms. The molecule has 6 nitrogen and oxygen atoms in total. The summed E-state index contributed by atoms with van der Waals surface area (Å²) >= 11 is 0. The van der Waals surface area contributed by atoms with Crippen LogP contribution in [0.5, 0.6) is 0 Å². The van der Waals surface area contributed by atoms with E-state index in [-0.39, 0.29) is 23.2 Å². The van der Waals surface area contributed by atoms with E-state index in [1.165, 1.54) is 0 Å².